The fourth-order valence-electron chi connectivity index (χ4n) is 5.93. The second-order valence-corrected chi connectivity index (χ2v) is 12.7. The van der Waals surface area contributed by atoms with E-state index in [-0.39, 0.29) is 30.4 Å². The van der Waals surface area contributed by atoms with Crippen molar-refractivity contribution in [2.24, 2.45) is 20.0 Å². The molecule has 0 bridgehead atoms. The Morgan fingerprint density at radius 2 is 1.95 bits per heavy atom. The van der Waals surface area contributed by atoms with Crippen LogP contribution >= 0.6 is 0 Å². The summed E-state index contributed by atoms with van der Waals surface area (Å²) < 4.78 is 36.9. The smallest absolute Gasteiger partial charge is 0.230 e. The van der Waals surface area contributed by atoms with E-state index >= 15 is 0 Å². The predicted molar refractivity (Wildman–Crippen MR) is 145 cm³/mol. The van der Waals surface area contributed by atoms with Crippen LogP contribution in [0.1, 0.15) is 49.4 Å². The van der Waals surface area contributed by atoms with E-state index in [2.05, 4.69) is 33.0 Å². The second kappa shape index (κ2) is 11.2. The highest BCUT2D eigenvalue weighted by Gasteiger charge is 2.34. The Bertz CT molecular complexity index is 1380. The number of ether oxygens (including phenoxy) is 1. The van der Waals surface area contributed by atoms with Crippen LogP contribution in [0.5, 0.6) is 0 Å². The van der Waals surface area contributed by atoms with E-state index in [1.807, 2.05) is 40.6 Å². The van der Waals surface area contributed by atoms with Gasteiger partial charge in [-0.3, -0.25) is 9.48 Å². The number of hydrogen-bond donors (Lipinski definition) is 1. The highest BCUT2D eigenvalue weighted by atomic mass is 32.2. The highest BCUT2D eigenvalue weighted by molar-refractivity contribution is 7.88. The van der Waals surface area contributed by atoms with Crippen LogP contribution in [0.4, 0.5) is 0 Å². The lowest BCUT2D eigenvalue weighted by Crippen LogP contribution is -2.54. The number of aryl methyl sites for hydroxylation is 2. The third-order valence-electron chi connectivity index (χ3n) is 8.14. The van der Waals surface area contributed by atoms with E-state index in [0.717, 1.165) is 37.0 Å². The zero-order chi connectivity index (χ0) is 26.9. The maximum atomic E-state index is 13.0. The molecule has 1 aliphatic heterocycles. The van der Waals surface area contributed by atoms with Crippen molar-refractivity contribution in [3.05, 3.63) is 48.2 Å². The molecule has 1 aromatic carbocycles. The average molecular weight is 543 g/mol. The Kier molecular flexibility index (Phi) is 7.88. The van der Waals surface area contributed by atoms with Gasteiger partial charge in [0.25, 0.3) is 0 Å². The highest BCUT2D eigenvalue weighted by Crippen LogP contribution is 2.35. The summed E-state index contributed by atoms with van der Waals surface area (Å²) in [7, 11) is 0.472. The summed E-state index contributed by atoms with van der Waals surface area (Å²) in [6.45, 7) is 1.41. The van der Waals surface area contributed by atoms with Gasteiger partial charge in [-0.2, -0.15) is 5.10 Å². The van der Waals surface area contributed by atoms with Crippen LogP contribution in [0.15, 0.2) is 36.8 Å². The maximum absolute atomic E-state index is 13.0. The van der Waals surface area contributed by atoms with E-state index < -0.39 is 10.0 Å². The monoisotopic (exact) mass is 542 g/mol. The zero-order valence-electron chi connectivity index (χ0n) is 22.4. The minimum absolute atomic E-state index is 0.00759. The van der Waals surface area contributed by atoms with Crippen molar-refractivity contribution in [1.29, 1.82) is 0 Å². The Morgan fingerprint density at radius 1 is 1.16 bits per heavy atom. The summed E-state index contributed by atoms with van der Waals surface area (Å²) in [5.41, 5.74) is 2.50. The molecule has 1 N–H and O–H groups in total. The van der Waals surface area contributed by atoms with Crippen molar-refractivity contribution in [1.82, 2.24) is 29.0 Å². The summed E-state index contributed by atoms with van der Waals surface area (Å²) >= 11 is 0. The van der Waals surface area contributed by atoms with Crippen LogP contribution in [0.25, 0.3) is 10.9 Å². The van der Waals surface area contributed by atoms with E-state index in [9.17, 15) is 13.2 Å². The van der Waals surface area contributed by atoms with E-state index in [4.69, 9.17) is 4.74 Å². The van der Waals surface area contributed by atoms with Gasteiger partial charge >= 0.3 is 0 Å². The molecule has 206 valence electrons. The molecule has 11 heteroatoms. The summed E-state index contributed by atoms with van der Waals surface area (Å²) in [6.07, 6.45) is 11.6. The van der Waals surface area contributed by atoms with Gasteiger partial charge in [0.15, 0.2) is 0 Å². The van der Waals surface area contributed by atoms with Gasteiger partial charge in [0.2, 0.25) is 15.9 Å². The van der Waals surface area contributed by atoms with E-state index in [1.54, 1.807) is 6.20 Å². The van der Waals surface area contributed by atoms with Crippen molar-refractivity contribution >= 4 is 26.8 Å². The first-order valence-corrected chi connectivity index (χ1v) is 15.3. The van der Waals surface area contributed by atoms with E-state index in [1.165, 1.54) is 17.2 Å². The number of fused-ring (bicyclic) bond motifs is 1. The molecule has 1 aliphatic carbocycles. The summed E-state index contributed by atoms with van der Waals surface area (Å²) in [6, 6.07) is 6.38. The van der Waals surface area contributed by atoms with Crippen molar-refractivity contribution in [3.8, 4) is 0 Å². The molecule has 2 atom stereocenters. The molecule has 2 aliphatic rings. The quantitative estimate of drug-likeness (QED) is 0.468. The number of carbonyl (C=O) groups is 1. The van der Waals surface area contributed by atoms with E-state index in [0.29, 0.717) is 32.0 Å². The van der Waals surface area contributed by atoms with Gasteiger partial charge in [0, 0.05) is 56.9 Å². The van der Waals surface area contributed by atoms with Crippen molar-refractivity contribution < 1.29 is 17.9 Å². The number of amides is 1. The zero-order valence-corrected chi connectivity index (χ0v) is 23.2. The molecular formula is C27H38N6O4S. The number of rotatable bonds is 8. The van der Waals surface area contributed by atoms with Gasteiger partial charge in [-0.1, -0.05) is 6.07 Å². The van der Waals surface area contributed by atoms with Crippen molar-refractivity contribution in [2.75, 3.05) is 26.0 Å². The Balaban J connectivity index is 1.17. The first-order chi connectivity index (χ1) is 18.2. The van der Waals surface area contributed by atoms with Gasteiger partial charge in [0.05, 0.1) is 37.1 Å². The maximum Gasteiger partial charge on any atom is 0.230 e. The molecule has 10 nitrogen and oxygen atoms in total. The van der Waals surface area contributed by atoms with Crippen molar-refractivity contribution in [3.63, 3.8) is 0 Å². The van der Waals surface area contributed by atoms with Crippen LogP contribution in [-0.2, 0) is 40.1 Å². The lowest BCUT2D eigenvalue weighted by Gasteiger charge is -2.39. The number of likely N-dealkylation sites (tertiary alicyclic amines) is 1. The lowest BCUT2D eigenvalue weighted by atomic mass is 9.82. The molecule has 0 spiro atoms. The van der Waals surface area contributed by atoms with Crippen LogP contribution in [-0.4, -0.2) is 76.7 Å². The number of carbonyl (C=O) groups excluding carboxylic acids is 1. The molecule has 2 aromatic heterocycles. The lowest BCUT2D eigenvalue weighted by molar-refractivity contribution is -0.133. The normalized spacial score (nSPS) is 24.7. The number of nitrogens with one attached hydrogen (secondary N) is 1. The number of imidazole rings is 1. The van der Waals surface area contributed by atoms with Crippen LogP contribution in [0.2, 0.25) is 0 Å². The Labute approximate surface area is 224 Å². The topological polar surface area (TPSA) is 111 Å². The van der Waals surface area contributed by atoms with Gasteiger partial charge in [-0.25, -0.2) is 18.1 Å². The van der Waals surface area contributed by atoms with Crippen molar-refractivity contribution in [2.45, 2.75) is 56.6 Å². The number of piperidine rings is 1. The number of benzene rings is 1. The molecule has 3 heterocycles. The standard InChI is InChI=1S/C27H38N6O4S/c1-31-13-11-28-26(31)15-27(34)33-12-10-24(30-38(3,35)36)22(17-33)18-37-23-7-4-19(5-8-23)20-6-9-25-21(14-20)16-29-32(25)2/h6,9,11,13-14,16,19,22-24,30H,4-5,7-8,10,12,15,17-18H2,1-3H3/t19?,22-,23?,24-/m0/s1. The SMILES string of the molecule is Cn1ccnc1CC(=O)N1CC[C@H](NS(C)(=O)=O)[C@H](COC2CCC(c3ccc4c(cnn4C)c3)CC2)C1. The Hall–Kier alpha value is -2.76. The largest absolute Gasteiger partial charge is 0.378 e. The number of nitrogens with zero attached hydrogens (tertiary/aromatic N) is 5. The Morgan fingerprint density at radius 3 is 2.66 bits per heavy atom. The fraction of sp³-hybridized carbons (Fsp3) is 0.593. The number of hydrogen-bond acceptors (Lipinski definition) is 6. The van der Waals surface area contributed by atoms with Crippen LogP contribution < -0.4 is 4.72 Å². The number of sulfonamides is 1. The average Bonchev–Trinajstić information content (AvgIpc) is 3.47. The summed E-state index contributed by atoms with van der Waals surface area (Å²) in [5.74, 6) is 1.13. The predicted octanol–water partition coefficient (Wildman–Crippen LogP) is 2.36. The molecule has 3 aromatic rings. The van der Waals surface area contributed by atoms with Gasteiger partial charge in [0.1, 0.15) is 5.82 Å². The minimum atomic E-state index is -3.36. The molecule has 0 unspecified atom stereocenters. The molecular weight excluding hydrogens is 504 g/mol. The van der Waals surface area contributed by atoms with Crippen LogP contribution in [0.3, 0.4) is 0 Å². The molecule has 2 fully saturated rings. The first kappa shape index (κ1) is 26.8. The minimum Gasteiger partial charge on any atom is -0.378 e. The number of aromatic nitrogens is 4. The summed E-state index contributed by atoms with van der Waals surface area (Å²) in [5, 5.41) is 5.53. The van der Waals surface area contributed by atoms with Gasteiger partial charge in [-0.15, -0.1) is 0 Å². The first-order valence-electron chi connectivity index (χ1n) is 13.4. The third-order valence-corrected chi connectivity index (χ3v) is 8.88. The fourth-order valence-corrected chi connectivity index (χ4v) is 6.79. The third kappa shape index (κ3) is 6.27. The molecule has 38 heavy (non-hydrogen) atoms. The van der Waals surface area contributed by atoms with Crippen LogP contribution in [0, 0.1) is 5.92 Å². The summed E-state index contributed by atoms with van der Waals surface area (Å²) in [4.78, 5) is 19.1. The molecule has 1 saturated carbocycles. The molecule has 5 rings (SSSR count). The second-order valence-electron chi connectivity index (χ2n) is 10.9. The molecule has 1 amide bonds. The molecule has 1 saturated heterocycles. The van der Waals surface area contributed by atoms with Gasteiger partial charge < -0.3 is 14.2 Å². The molecule has 0 radical (unpaired) electrons. The van der Waals surface area contributed by atoms with Gasteiger partial charge in [-0.05, 0) is 55.7 Å².